The highest BCUT2D eigenvalue weighted by molar-refractivity contribution is 5.26. The normalized spacial score (nSPS) is 35.4. The van der Waals surface area contributed by atoms with E-state index in [4.69, 9.17) is 5.73 Å². The van der Waals surface area contributed by atoms with E-state index in [1.54, 1.807) is 0 Å². The molecule has 3 rings (SSSR count). The highest BCUT2D eigenvalue weighted by Gasteiger charge is 2.41. The molecule has 0 saturated heterocycles. The van der Waals surface area contributed by atoms with E-state index in [0.29, 0.717) is 5.95 Å². The Hall–Kier alpha value is -0.990. The van der Waals surface area contributed by atoms with Gasteiger partial charge in [0.2, 0.25) is 0 Å². The lowest BCUT2D eigenvalue weighted by atomic mass is 9.86. The van der Waals surface area contributed by atoms with Crippen LogP contribution in [-0.4, -0.2) is 9.55 Å². The third kappa shape index (κ3) is 1.01. The van der Waals surface area contributed by atoms with Crippen LogP contribution in [-0.2, 0) is 7.05 Å². The van der Waals surface area contributed by atoms with E-state index < -0.39 is 0 Å². The topological polar surface area (TPSA) is 43.8 Å². The summed E-state index contributed by atoms with van der Waals surface area (Å²) in [6, 6.07) is 0. The average Bonchev–Trinajstić information content (AvgIpc) is 2.84. The second-order valence-electron chi connectivity index (χ2n) is 4.88. The van der Waals surface area contributed by atoms with Crippen LogP contribution in [0.2, 0.25) is 0 Å². The number of aromatic nitrogens is 2. The number of imidazole rings is 1. The van der Waals surface area contributed by atoms with Crippen LogP contribution in [0.4, 0.5) is 5.95 Å². The van der Waals surface area contributed by atoms with Crippen molar-refractivity contribution in [3.63, 3.8) is 0 Å². The summed E-state index contributed by atoms with van der Waals surface area (Å²) in [4.78, 5) is 4.19. The van der Waals surface area contributed by atoms with Gasteiger partial charge in [-0.25, -0.2) is 4.98 Å². The van der Waals surface area contributed by atoms with E-state index in [2.05, 4.69) is 9.55 Å². The molecule has 2 fully saturated rings. The number of nitrogens with two attached hydrogens (primary N) is 1. The summed E-state index contributed by atoms with van der Waals surface area (Å²) >= 11 is 0. The largest absolute Gasteiger partial charge is 0.369 e. The van der Waals surface area contributed by atoms with Crippen molar-refractivity contribution in [2.45, 2.75) is 31.6 Å². The molecule has 14 heavy (non-hydrogen) atoms. The van der Waals surface area contributed by atoms with Crippen LogP contribution in [0.3, 0.4) is 0 Å². The monoisotopic (exact) mass is 191 g/mol. The van der Waals surface area contributed by atoms with Crippen molar-refractivity contribution in [3.8, 4) is 0 Å². The van der Waals surface area contributed by atoms with Crippen molar-refractivity contribution in [3.05, 3.63) is 11.9 Å². The Labute approximate surface area is 84.3 Å². The first-order valence-corrected chi connectivity index (χ1v) is 5.53. The van der Waals surface area contributed by atoms with E-state index in [1.165, 1.54) is 31.4 Å². The Morgan fingerprint density at radius 1 is 1.43 bits per heavy atom. The summed E-state index contributed by atoms with van der Waals surface area (Å²) in [5.41, 5.74) is 7.11. The molecular weight excluding hydrogens is 174 g/mol. The fraction of sp³-hybridized carbons (Fsp3) is 0.727. The van der Waals surface area contributed by atoms with Gasteiger partial charge in [0.05, 0.1) is 6.20 Å². The van der Waals surface area contributed by atoms with Crippen molar-refractivity contribution < 1.29 is 0 Å². The quantitative estimate of drug-likeness (QED) is 0.736. The first kappa shape index (κ1) is 8.33. The van der Waals surface area contributed by atoms with Gasteiger partial charge in [-0.15, -0.1) is 0 Å². The molecule has 0 aromatic carbocycles. The van der Waals surface area contributed by atoms with Crippen LogP contribution in [0.5, 0.6) is 0 Å². The molecule has 1 aromatic rings. The van der Waals surface area contributed by atoms with Crippen molar-refractivity contribution in [2.75, 3.05) is 5.73 Å². The van der Waals surface area contributed by atoms with Gasteiger partial charge in [0.15, 0.2) is 5.95 Å². The number of hydrogen-bond acceptors (Lipinski definition) is 2. The Morgan fingerprint density at radius 3 is 2.79 bits per heavy atom. The molecule has 3 unspecified atom stereocenters. The standard InChI is InChI=1S/C11H17N3/c1-14-10(6-13-11(14)12)9-5-7-2-3-8(9)4-7/h6-9H,2-5H2,1H3,(H2,12,13). The van der Waals surface area contributed by atoms with Crippen molar-refractivity contribution in [1.29, 1.82) is 0 Å². The summed E-state index contributed by atoms with van der Waals surface area (Å²) in [6.45, 7) is 0. The van der Waals surface area contributed by atoms with Crippen LogP contribution >= 0.6 is 0 Å². The van der Waals surface area contributed by atoms with E-state index in [1.807, 2.05) is 13.2 Å². The number of fused-ring (bicyclic) bond motifs is 2. The fourth-order valence-electron chi connectivity index (χ4n) is 3.39. The average molecular weight is 191 g/mol. The third-order valence-corrected chi connectivity index (χ3v) is 4.18. The molecule has 76 valence electrons. The molecule has 3 nitrogen and oxygen atoms in total. The highest BCUT2D eigenvalue weighted by atomic mass is 15.1. The number of nitrogen functional groups attached to an aromatic ring is 1. The molecular formula is C11H17N3. The van der Waals surface area contributed by atoms with Gasteiger partial charge in [0.25, 0.3) is 0 Å². The smallest absolute Gasteiger partial charge is 0.200 e. The zero-order valence-corrected chi connectivity index (χ0v) is 8.61. The summed E-state index contributed by atoms with van der Waals surface area (Å²) in [5, 5.41) is 0. The second kappa shape index (κ2) is 2.75. The molecule has 2 N–H and O–H groups in total. The molecule has 0 radical (unpaired) electrons. The summed E-state index contributed by atoms with van der Waals surface area (Å²) in [6.07, 6.45) is 7.65. The van der Waals surface area contributed by atoms with Crippen LogP contribution in [0.15, 0.2) is 6.20 Å². The molecule has 2 aliphatic rings. The lowest BCUT2D eigenvalue weighted by Crippen LogP contribution is -2.12. The van der Waals surface area contributed by atoms with Crippen LogP contribution < -0.4 is 5.73 Å². The molecule has 2 aliphatic carbocycles. The number of rotatable bonds is 1. The lowest BCUT2D eigenvalue weighted by molar-refractivity contribution is 0.406. The Kier molecular flexibility index (Phi) is 1.64. The maximum absolute atomic E-state index is 5.76. The SMILES string of the molecule is Cn1c(C2CC3CCC2C3)cnc1N. The molecule has 2 bridgehead atoms. The minimum Gasteiger partial charge on any atom is -0.369 e. The zero-order valence-electron chi connectivity index (χ0n) is 8.61. The van der Waals surface area contributed by atoms with E-state index in [-0.39, 0.29) is 0 Å². The number of hydrogen-bond donors (Lipinski definition) is 1. The predicted octanol–water partition coefficient (Wildman–Crippen LogP) is 1.91. The molecule has 2 saturated carbocycles. The maximum Gasteiger partial charge on any atom is 0.200 e. The molecule has 0 amide bonds. The summed E-state index contributed by atoms with van der Waals surface area (Å²) in [7, 11) is 2.03. The zero-order chi connectivity index (χ0) is 9.71. The predicted molar refractivity (Wildman–Crippen MR) is 55.8 cm³/mol. The third-order valence-electron chi connectivity index (χ3n) is 4.18. The summed E-state index contributed by atoms with van der Waals surface area (Å²) in [5.74, 6) is 3.29. The first-order chi connectivity index (χ1) is 6.75. The van der Waals surface area contributed by atoms with Gasteiger partial charge in [0, 0.05) is 18.7 Å². The van der Waals surface area contributed by atoms with Gasteiger partial charge in [-0.1, -0.05) is 6.42 Å². The van der Waals surface area contributed by atoms with E-state index >= 15 is 0 Å². The van der Waals surface area contributed by atoms with E-state index in [9.17, 15) is 0 Å². The molecule has 0 spiro atoms. The Morgan fingerprint density at radius 2 is 2.29 bits per heavy atom. The summed E-state index contributed by atoms with van der Waals surface area (Å²) < 4.78 is 2.06. The second-order valence-corrected chi connectivity index (χ2v) is 4.88. The van der Waals surface area contributed by atoms with E-state index in [0.717, 1.165) is 17.8 Å². The molecule has 1 aromatic heterocycles. The number of anilines is 1. The fourth-order valence-corrected chi connectivity index (χ4v) is 3.39. The minimum atomic E-state index is 0.655. The lowest BCUT2D eigenvalue weighted by Gasteiger charge is -2.21. The number of nitrogens with zero attached hydrogens (tertiary/aromatic N) is 2. The minimum absolute atomic E-state index is 0.655. The van der Waals surface area contributed by atoms with Crippen molar-refractivity contribution in [1.82, 2.24) is 9.55 Å². The van der Waals surface area contributed by atoms with Crippen LogP contribution in [0.1, 0.15) is 37.3 Å². The molecule has 3 heteroatoms. The van der Waals surface area contributed by atoms with Crippen LogP contribution in [0.25, 0.3) is 0 Å². The maximum atomic E-state index is 5.76. The van der Waals surface area contributed by atoms with Gasteiger partial charge in [-0.2, -0.15) is 0 Å². The van der Waals surface area contributed by atoms with Gasteiger partial charge >= 0.3 is 0 Å². The first-order valence-electron chi connectivity index (χ1n) is 5.53. The van der Waals surface area contributed by atoms with Crippen molar-refractivity contribution >= 4 is 5.95 Å². The Bertz CT molecular complexity index is 355. The van der Waals surface area contributed by atoms with Crippen LogP contribution in [0, 0.1) is 11.8 Å². The van der Waals surface area contributed by atoms with Gasteiger partial charge < -0.3 is 10.3 Å². The van der Waals surface area contributed by atoms with Gasteiger partial charge in [-0.05, 0) is 31.1 Å². The van der Waals surface area contributed by atoms with Crippen molar-refractivity contribution in [2.24, 2.45) is 18.9 Å². The van der Waals surface area contributed by atoms with Gasteiger partial charge in [-0.3, -0.25) is 0 Å². The van der Waals surface area contributed by atoms with Gasteiger partial charge in [0.1, 0.15) is 0 Å². The Balaban J connectivity index is 1.93. The highest BCUT2D eigenvalue weighted by Crippen LogP contribution is 2.52. The molecule has 1 heterocycles. The molecule has 3 atom stereocenters. The molecule has 0 aliphatic heterocycles.